The van der Waals surface area contributed by atoms with Crippen LogP contribution in [0.4, 0.5) is 0 Å². The molecule has 1 aromatic rings. The van der Waals surface area contributed by atoms with E-state index in [0.717, 1.165) is 30.1 Å². The van der Waals surface area contributed by atoms with Gasteiger partial charge >= 0.3 is 0 Å². The number of fused-ring (bicyclic) bond motifs is 1. The Morgan fingerprint density at radius 3 is 3.00 bits per heavy atom. The van der Waals surface area contributed by atoms with E-state index in [4.69, 9.17) is 0 Å². The summed E-state index contributed by atoms with van der Waals surface area (Å²) >= 11 is 1.65. The molecule has 0 bridgehead atoms. The third kappa shape index (κ3) is 3.28. The number of carbonyl (C=O) groups excluding carboxylic acids is 2. The summed E-state index contributed by atoms with van der Waals surface area (Å²) in [4.78, 5) is 25.7. The summed E-state index contributed by atoms with van der Waals surface area (Å²) < 4.78 is 0. The fourth-order valence-electron chi connectivity index (χ4n) is 3.17. The average Bonchev–Trinajstić information content (AvgIpc) is 2.92. The molecule has 1 saturated heterocycles. The van der Waals surface area contributed by atoms with Gasteiger partial charge in [-0.25, -0.2) is 0 Å². The molecule has 2 heterocycles. The first kappa shape index (κ1) is 14.6. The second kappa shape index (κ2) is 6.18. The molecule has 2 unspecified atom stereocenters. The fourth-order valence-corrected chi connectivity index (χ4v) is 4.28. The van der Waals surface area contributed by atoms with Crippen molar-refractivity contribution in [3.8, 4) is 0 Å². The molecule has 0 aromatic carbocycles. The van der Waals surface area contributed by atoms with Crippen LogP contribution < -0.4 is 10.6 Å². The lowest BCUT2D eigenvalue weighted by molar-refractivity contribution is -0.122. The van der Waals surface area contributed by atoms with Crippen molar-refractivity contribution in [2.45, 2.75) is 51.5 Å². The highest BCUT2D eigenvalue weighted by Gasteiger charge is 2.24. The van der Waals surface area contributed by atoms with E-state index in [-0.39, 0.29) is 17.9 Å². The van der Waals surface area contributed by atoms with Crippen molar-refractivity contribution in [1.29, 1.82) is 0 Å². The first-order valence-corrected chi connectivity index (χ1v) is 8.66. The highest BCUT2D eigenvalue weighted by Crippen LogP contribution is 2.33. The highest BCUT2D eigenvalue weighted by molar-refractivity contribution is 7.14. The van der Waals surface area contributed by atoms with E-state index in [2.05, 4.69) is 23.6 Å². The number of amides is 2. The molecule has 2 N–H and O–H groups in total. The van der Waals surface area contributed by atoms with Crippen LogP contribution in [0.15, 0.2) is 6.07 Å². The number of piperidine rings is 1. The summed E-state index contributed by atoms with van der Waals surface area (Å²) in [6, 6.07) is 2.15. The van der Waals surface area contributed by atoms with Crippen molar-refractivity contribution < 1.29 is 9.59 Å². The third-order valence-electron chi connectivity index (χ3n) is 4.59. The number of hydrogen-bond donors (Lipinski definition) is 2. The number of nitrogens with one attached hydrogen (secondary N) is 2. The lowest BCUT2D eigenvalue weighted by Crippen LogP contribution is -2.47. The van der Waals surface area contributed by atoms with Gasteiger partial charge in [0.15, 0.2) is 0 Å². The van der Waals surface area contributed by atoms with Crippen LogP contribution in [0.5, 0.6) is 0 Å². The highest BCUT2D eigenvalue weighted by atomic mass is 32.1. The Morgan fingerprint density at radius 1 is 1.43 bits per heavy atom. The van der Waals surface area contributed by atoms with E-state index in [1.807, 2.05) is 0 Å². The van der Waals surface area contributed by atoms with Gasteiger partial charge in [0, 0.05) is 23.9 Å². The van der Waals surface area contributed by atoms with E-state index in [9.17, 15) is 9.59 Å². The third-order valence-corrected chi connectivity index (χ3v) is 5.82. The molecule has 0 radical (unpaired) electrons. The van der Waals surface area contributed by atoms with E-state index < -0.39 is 0 Å². The number of rotatable bonds is 3. The molecule has 2 atom stereocenters. The summed E-state index contributed by atoms with van der Waals surface area (Å²) in [5, 5.41) is 5.85. The van der Waals surface area contributed by atoms with Crippen LogP contribution in [0.25, 0.3) is 0 Å². The Labute approximate surface area is 129 Å². The van der Waals surface area contributed by atoms with Crippen LogP contribution in [0.1, 0.15) is 52.7 Å². The van der Waals surface area contributed by atoms with Crippen molar-refractivity contribution in [1.82, 2.24) is 10.6 Å². The van der Waals surface area contributed by atoms with Gasteiger partial charge in [-0.3, -0.25) is 9.59 Å². The predicted octanol–water partition coefficient (Wildman–Crippen LogP) is 2.27. The van der Waals surface area contributed by atoms with E-state index in [0.29, 0.717) is 13.0 Å². The molecule has 1 aliphatic carbocycles. The van der Waals surface area contributed by atoms with E-state index in [1.54, 1.807) is 11.3 Å². The van der Waals surface area contributed by atoms with Gasteiger partial charge in [0.25, 0.3) is 5.91 Å². The molecule has 3 rings (SSSR count). The number of aryl methyl sites for hydroxylation is 1. The SMILES string of the molecule is CCC1CCc2sc(C(=O)NC3CCC(=O)NC3)cc2C1. The summed E-state index contributed by atoms with van der Waals surface area (Å²) in [6.07, 6.45) is 5.95. The minimum atomic E-state index is 0.0172. The van der Waals surface area contributed by atoms with Crippen LogP contribution in [0.2, 0.25) is 0 Å². The van der Waals surface area contributed by atoms with E-state index >= 15 is 0 Å². The quantitative estimate of drug-likeness (QED) is 0.900. The maximum absolute atomic E-state index is 12.3. The van der Waals surface area contributed by atoms with Crippen LogP contribution in [0.3, 0.4) is 0 Å². The molecule has 114 valence electrons. The Kier molecular flexibility index (Phi) is 4.29. The minimum absolute atomic E-state index is 0.0172. The number of carbonyl (C=O) groups is 2. The largest absolute Gasteiger partial charge is 0.354 e. The van der Waals surface area contributed by atoms with Crippen LogP contribution in [-0.4, -0.2) is 24.4 Å². The van der Waals surface area contributed by atoms with Gasteiger partial charge < -0.3 is 10.6 Å². The molecule has 1 fully saturated rings. The van der Waals surface area contributed by atoms with Crippen molar-refractivity contribution in [2.24, 2.45) is 5.92 Å². The molecule has 1 aliphatic heterocycles. The molecule has 2 aliphatic rings. The van der Waals surface area contributed by atoms with Crippen molar-refractivity contribution >= 4 is 23.2 Å². The second-order valence-corrected chi connectivity index (χ2v) is 7.23. The van der Waals surface area contributed by atoms with Crippen molar-refractivity contribution in [3.63, 3.8) is 0 Å². The Morgan fingerprint density at radius 2 is 2.29 bits per heavy atom. The van der Waals surface area contributed by atoms with Crippen LogP contribution >= 0.6 is 11.3 Å². The second-order valence-electron chi connectivity index (χ2n) is 6.09. The minimum Gasteiger partial charge on any atom is -0.354 e. The van der Waals surface area contributed by atoms with Gasteiger partial charge in [-0.1, -0.05) is 13.3 Å². The zero-order valence-electron chi connectivity index (χ0n) is 12.4. The van der Waals surface area contributed by atoms with Crippen molar-refractivity contribution in [2.75, 3.05) is 6.54 Å². The molecule has 4 nitrogen and oxygen atoms in total. The smallest absolute Gasteiger partial charge is 0.261 e. The van der Waals surface area contributed by atoms with Gasteiger partial charge in [-0.05, 0) is 43.2 Å². The maximum atomic E-state index is 12.3. The first-order valence-electron chi connectivity index (χ1n) is 7.85. The topological polar surface area (TPSA) is 58.2 Å². The molecular formula is C16H22N2O2S. The normalized spacial score (nSPS) is 25.1. The predicted molar refractivity (Wildman–Crippen MR) is 83.6 cm³/mol. The maximum Gasteiger partial charge on any atom is 0.261 e. The molecule has 0 spiro atoms. The summed E-state index contributed by atoms with van der Waals surface area (Å²) in [5.74, 6) is 0.873. The summed E-state index contributed by atoms with van der Waals surface area (Å²) in [5.41, 5.74) is 1.38. The van der Waals surface area contributed by atoms with Gasteiger partial charge in [-0.2, -0.15) is 0 Å². The van der Waals surface area contributed by atoms with Gasteiger partial charge in [-0.15, -0.1) is 11.3 Å². The van der Waals surface area contributed by atoms with Gasteiger partial charge in [0.1, 0.15) is 0 Å². The average molecular weight is 306 g/mol. The Bertz CT molecular complexity index is 542. The van der Waals surface area contributed by atoms with Crippen LogP contribution in [-0.2, 0) is 17.6 Å². The summed E-state index contributed by atoms with van der Waals surface area (Å²) in [7, 11) is 0. The molecule has 0 saturated carbocycles. The molecular weight excluding hydrogens is 284 g/mol. The van der Waals surface area contributed by atoms with E-state index in [1.165, 1.54) is 23.3 Å². The fraction of sp³-hybridized carbons (Fsp3) is 0.625. The zero-order chi connectivity index (χ0) is 14.8. The van der Waals surface area contributed by atoms with Crippen molar-refractivity contribution in [3.05, 3.63) is 21.4 Å². The Balaban J connectivity index is 1.63. The Hall–Kier alpha value is -1.36. The first-order chi connectivity index (χ1) is 10.2. The lowest BCUT2D eigenvalue weighted by atomic mass is 9.87. The molecule has 21 heavy (non-hydrogen) atoms. The summed E-state index contributed by atoms with van der Waals surface area (Å²) in [6.45, 7) is 2.79. The number of thiophene rings is 1. The lowest BCUT2D eigenvalue weighted by Gasteiger charge is -2.23. The molecule has 5 heteroatoms. The van der Waals surface area contributed by atoms with Gasteiger partial charge in [0.05, 0.1) is 4.88 Å². The monoisotopic (exact) mass is 306 g/mol. The molecule has 1 aromatic heterocycles. The number of hydrogen-bond acceptors (Lipinski definition) is 3. The van der Waals surface area contributed by atoms with Crippen LogP contribution in [0, 0.1) is 5.92 Å². The molecule has 2 amide bonds. The zero-order valence-corrected chi connectivity index (χ0v) is 13.2. The van der Waals surface area contributed by atoms with Gasteiger partial charge in [0.2, 0.25) is 5.91 Å². The standard InChI is InChI=1S/C16H22N2O2S/c1-2-10-3-5-13-11(7-10)8-14(21-13)16(20)18-12-4-6-15(19)17-9-12/h8,10,12H,2-7,9H2,1H3,(H,17,19)(H,18,20).